The molecule has 1 unspecified atom stereocenters. The van der Waals surface area contributed by atoms with Gasteiger partial charge in [-0.15, -0.1) is 0 Å². The van der Waals surface area contributed by atoms with Crippen LogP contribution in [0, 0.1) is 0 Å². The zero-order valence-corrected chi connectivity index (χ0v) is 14.4. The first-order chi connectivity index (χ1) is 12.3. The molecule has 3 aromatic rings. The molecular formula is C21H23N3O. The standard InChI is InChI=1S/C21H23N3O/c1-15(22-19-13-18(14-19)17-10-6-3-7-11-17)21-23-20(24-25-21)12-16-8-4-2-5-9-16/h2-11,15,18-19,22H,12-14H2,1H3. The van der Waals surface area contributed by atoms with Crippen LogP contribution in [0.1, 0.15) is 54.6 Å². The fraction of sp³-hybridized carbons (Fsp3) is 0.333. The molecule has 0 spiro atoms. The smallest absolute Gasteiger partial charge is 0.243 e. The maximum Gasteiger partial charge on any atom is 0.243 e. The van der Waals surface area contributed by atoms with Crippen LogP contribution >= 0.6 is 0 Å². The van der Waals surface area contributed by atoms with Crippen LogP contribution in [0.2, 0.25) is 0 Å². The quantitative estimate of drug-likeness (QED) is 0.732. The van der Waals surface area contributed by atoms with E-state index in [1.54, 1.807) is 0 Å². The van der Waals surface area contributed by atoms with Crippen molar-refractivity contribution in [2.24, 2.45) is 0 Å². The number of nitrogens with zero attached hydrogens (tertiary/aromatic N) is 2. The highest BCUT2D eigenvalue weighted by atomic mass is 16.5. The van der Waals surface area contributed by atoms with Crippen molar-refractivity contribution in [3.05, 3.63) is 83.5 Å². The molecule has 1 aromatic heterocycles. The minimum Gasteiger partial charge on any atom is -0.338 e. The van der Waals surface area contributed by atoms with Crippen LogP contribution in [0.25, 0.3) is 0 Å². The van der Waals surface area contributed by atoms with Gasteiger partial charge < -0.3 is 9.84 Å². The maximum atomic E-state index is 5.46. The summed E-state index contributed by atoms with van der Waals surface area (Å²) in [6, 6.07) is 21.6. The molecule has 0 aliphatic heterocycles. The molecule has 25 heavy (non-hydrogen) atoms. The van der Waals surface area contributed by atoms with Gasteiger partial charge in [0.15, 0.2) is 5.82 Å². The first-order valence-electron chi connectivity index (χ1n) is 8.95. The monoisotopic (exact) mass is 333 g/mol. The van der Waals surface area contributed by atoms with Gasteiger partial charge in [-0.25, -0.2) is 0 Å². The Labute approximate surface area is 148 Å². The molecule has 4 nitrogen and oxygen atoms in total. The van der Waals surface area contributed by atoms with Gasteiger partial charge in [-0.05, 0) is 36.8 Å². The lowest BCUT2D eigenvalue weighted by molar-refractivity contribution is 0.245. The molecule has 1 heterocycles. The molecule has 0 radical (unpaired) electrons. The first kappa shape index (κ1) is 16.0. The minimum atomic E-state index is 0.0822. The van der Waals surface area contributed by atoms with E-state index in [2.05, 4.69) is 64.8 Å². The second-order valence-corrected chi connectivity index (χ2v) is 6.88. The molecule has 4 heteroatoms. The van der Waals surface area contributed by atoms with Gasteiger partial charge in [-0.3, -0.25) is 0 Å². The third-order valence-corrected chi connectivity index (χ3v) is 4.95. The summed E-state index contributed by atoms with van der Waals surface area (Å²) in [6.45, 7) is 2.09. The lowest BCUT2D eigenvalue weighted by Gasteiger charge is -2.37. The van der Waals surface area contributed by atoms with Gasteiger partial charge in [0.1, 0.15) is 0 Å². The van der Waals surface area contributed by atoms with Crippen molar-refractivity contribution in [2.75, 3.05) is 0 Å². The van der Waals surface area contributed by atoms with Crippen molar-refractivity contribution in [1.29, 1.82) is 0 Å². The molecule has 0 saturated heterocycles. The molecule has 1 aliphatic rings. The summed E-state index contributed by atoms with van der Waals surface area (Å²) in [7, 11) is 0. The molecule has 1 fully saturated rings. The summed E-state index contributed by atoms with van der Waals surface area (Å²) < 4.78 is 5.46. The van der Waals surface area contributed by atoms with Crippen LogP contribution in [0.5, 0.6) is 0 Å². The Morgan fingerprint density at radius 2 is 1.72 bits per heavy atom. The Balaban J connectivity index is 1.30. The SMILES string of the molecule is CC(NC1CC(c2ccccc2)C1)c1nc(Cc2ccccc2)no1. The second-order valence-electron chi connectivity index (χ2n) is 6.88. The predicted molar refractivity (Wildman–Crippen MR) is 97.3 cm³/mol. The van der Waals surface area contributed by atoms with Crippen molar-refractivity contribution in [3.63, 3.8) is 0 Å². The Bertz CT molecular complexity index is 794. The Morgan fingerprint density at radius 3 is 2.44 bits per heavy atom. The summed E-state index contributed by atoms with van der Waals surface area (Å²) in [5.41, 5.74) is 2.64. The predicted octanol–water partition coefficient (Wildman–Crippen LogP) is 4.26. The van der Waals surface area contributed by atoms with Crippen molar-refractivity contribution in [1.82, 2.24) is 15.5 Å². The number of rotatable bonds is 6. The van der Waals surface area contributed by atoms with E-state index in [1.807, 2.05) is 18.2 Å². The van der Waals surface area contributed by atoms with Gasteiger partial charge in [-0.1, -0.05) is 65.8 Å². The summed E-state index contributed by atoms with van der Waals surface area (Å²) in [5.74, 6) is 2.09. The second kappa shape index (κ2) is 7.19. The normalized spacial score (nSPS) is 20.8. The summed E-state index contributed by atoms with van der Waals surface area (Å²) in [6.07, 6.45) is 3.04. The van der Waals surface area contributed by atoms with Gasteiger partial charge in [-0.2, -0.15) is 4.98 Å². The van der Waals surface area contributed by atoms with E-state index in [-0.39, 0.29) is 6.04 Å². The summed E-state index contributed by atoms with van der Waals surface area (Å²) >= 11 is 0. The van der Waals surface area contributed by atoms with Crippen LogP contribution in [-0.4, -0.2) is 16.2 Å². The molecular weight excluding hydrogens is 310 g/mol. The zero-order valence-electron chi connectivity index (χ0n) is 14.4. The van der Waals surface area contributed by atoms with Crippen LogP contribution in [0.15, 0.2) is 65.2 Å². The van der Waals surface area contributed by atoms with Crippen LogP contribution in [0.4, 0.5) is 0 Å². The van der Waals surface area contributed by atoms with Gasteiger partial charge in [0.2, 0.25) is 5.89 Å². The Hall–Kier alpha value is -2.46. The Morgan fingerprint density at radius 1 is 1.04 bits per heavy atom. The molecule has 1 aliphatic carbocycles. The van der Waals surface area contributed by atoms with E-state index >= 15 is 0 Å². The average molecular weight is 333 g/mol. The molecule has 4 rings (SSSR count). The van der Waals surface area contributed by atoms with Crippen molar-refractivity contribution >= 4 is 0 Å². The van der Waals surface area contributed by atoms with Crippen LogP contribution in [-0.2, 0) is 6.42 Å². The number of hydrogen-bond acceptors (Lipinski definition) is 4. The third-order valence-electron chi connectivity index (χ3n) is 4.95. The highest BCUT2D eigenvalue weighted by molar-refractivity contribution is 5.23. The Kier molecular flexibility index (Phi) is 4.61. The van der Waals surface area contributed by atoms with E-state index < -0.39 is 0 Å². The van der Waals surface area contributed by atoms with Gasteiger partial charge in [0, 0.05) is 12.5 Å². The lowest BCUT2D eigenvalue weighted by atomic mass is 9.75. The fourth-order valence-corrected chi connectivity index (χ4v) is 3.47. The number of nitrogens with one attached hydrogen (secondary N) is 1. The molecule has 1 N–H and O–H groups in total. The van der Waals surface area contributed by atoms with E-state index in [0.717, 1.165) is 5.82 Å². The van der Waals surface area contributed by atoms with Crippen LogP contribution < -0.4 is 5.32 Å². The summed E-state index contributed by atoms with van der Waals surface area (Å²) in [4.78, 5) is 4.55. The summed E-state index contributed by atoms with van der Waals surface area (Å²) in [5, 5.41) is 7.73. The van der Waals surface area contributed by atoms with Crippen molar-refractivity contribution in [3.8, 4) is 0 Å². The average Bonchev–Trinajstić information content (AvgIpc) is 3.08. The number of hydrogen-bond donors (Lipinski definition) is 1. The first-order valence-corrected chi connectivity index (χ1v) is 8.95. The van der Waals surface area contributed by atoms with Crippen molar-refractivity contribution in [2.45, 2.75) is 44.2 Å². The largest absolute Gasteiger partial charge is 0.338 e. The van der Waals surface area contributed by atoms with Gasteiger partial charge in [0.25, 0.3) is 0 Å². The van der Waals surface area contributed by atoms with Crippen molar-refractivity contribution < 1.29 is 4.52 Å². The van der Waals surface area contributed by atoms with Gasteiger partial charge >= 0.3 is 0 Å². The minimum absolute atomic E-state index is 0.0822. The third kappa shape index (κ3) is 3.80. The molecule has 2 aromatic carbocycles. The molecule has 1 saturated carbocycles. The van der Waals surface area contributed by atoms with Gasteiger partial charge in [0.05, 0.1) is 6.04 Å². The van der Waals surface area contributed by atoms with E-state index in [4.69, 9.17) is 4.52 Å². The molecule has 1 atom stereocenters. The molecule has 0 bridgehead atoms. The lowest BCUT2D eigenvalue weighted by Crippen LogP contribution is -2.41. The zero-order chi connectivity index (χ0) is 17.1. The topological polar surface area (TPSA) is 51.0 Å². The number of benzene rings is 2. The molecule has 128 valence electrons. The molecule has 0 amide bonds. The van der Waals surface area contributed by atoms with E-state index in [0.29, 0.717) is 24.3 Å². The highest BCUT2D eigenvalue weighted by Gasteiger charge is 2.31. The maximum absolute atomic E-state index is 5.46. The number of aromatic nitrogens is 2. The van der Waals surface area contributed by atoms with E-state index in [1.165, 1.54) is 24.0 Å². The fourth-order valence-electron chi connectivity index (χ4n) is 3.47. The van der Waals surface area contributed by atoms with Crippen LogP contribution in [0.3, 0.4) is 0 Å². The van der Waals surface area contributed by atoms with E-state index in [9.17, 15) is 0 Å². The highest BCUT2D eigenvalue weighted by Crippen LogP contribution is 2.37.